The molecule has 1 heterocycles. The smallest absolute Gasteiger partial charge is 0.171 e. The Morgan fingerprint density at radius 1 is 1.73 bits per heavy atom. The summed E-state index contributed by atoms with van der Waals surface area (Å²) in [5, 5.41) is 7.46. The summed E-state index contributed by atoms with van der Waals surface area (Å²) in [7, 11) is 0. The van der Waals surface area contributed by atoms with Crippen LogP contribution in [-0.2, 0) is 6.54 Å². The molecular weight excluding hydrogens is 142 g/mol. The van der Waals surface area contributed by atoms with Crippen molar-refractivity contribution in [2.24, 2.45) is 5.92 Å². The third-order valence-electron chi connectivity index (χ3n) is 1.82. The summed E-state index contributed by atoms with van der Waals surface area (Å²) in [4.78, 5) is 10.2. The second-order valence-electron chi connectivity index (χ2n) is 2.93. The second kappa shape index (κ2) is 2.45. The van der Waals surface area contributed by atoms with Crippen LogP contribution in [0.15, 0.2) is 6.20 Å². The summed E-state index contributed by atoms with van der Waals surface area (Å²) in [6.07, 6.45) is 4.98. The van der Waals surface area contributed by atoms with Gasteiger partial charge in [0.05, 0.1) is 6.20 Å². The van der Waals surface area contributed by atoms with E-state index in [0.29, 0.717) is 5.69 Å². The van der Waals surface area contributed by atoms with Gasteiger partial charge in [-0.2, -0.15) is 0 Å². The molecule has 1 saturated carbocycles. The Morgan fingerprint density at radius 3 is 3.09 bits per heavy atom. The zero-order valence-electron chi connectivity index (χ0n) is 6.10. The molecule has 0 N–H and O–H groups in total. The van der Waals surface area contributed by atoms with E-state index in [1.54, 1.807) is 10.9 Å². The minimum atomic E-state index is 0.422. The van der Waals surface area contributed by atoms with Crippen LogP contribution in [0, 0.1) is 5.92 Å². The molecule has 0 saturated heterocycles. The SMILES string of the molecule is O=Cc1cn(CC2CC2)nn1. The monoisotopic (exact) mass is 151 g/mol. The number of carbonyl (C=O) groups excluding carboxylic acids is 1. The van der Waals surface area contributed by atoms with E-state index in [2.05, 4.69) is 10.3 Å². The summed E-state index contributed by atoms with van der Waals surface area (Å²) < 4.78 is 1.74. The van der Waals surface area contributed by atoms with E-state index >= 15 is 0 Å². The normalized spacial score (nSPS) is 16.7. The maximum Gasteiger partial charge on any atom is 0.171 e. The van der Waals surface area contributed by atoms with Crippen LogP contribution < -0.4 is 0 Å². The maximum atomic E-state index is 10.2. The van der Waals surface area contributed by atoms with E-state index < -0.39 is 0 Å². The van der Waals surface area contributed by atoms with Gasteiger partial charge in [-0.25, -0.2) is 0 Å². The molecule has 4 nitrogen and oxygen atoms in total. The van der Waals surface area contributed by atoms with Crippen molar-refractivity contribution < 1.29 is 4.79 Å². The van der Waals surface area contributed by atoms with E-state index in [-0.39, 0.29) is 0 Å². The molecule has 58 valence electrons. The number of hydrogen-bond acceptors (Lipinski definition) is 3. The minimum Gasteiger partial charge on any atom is -0.296 e. The van der Waals surface area contributed by atoms with Crippen LogP contribution in [-0.4, -0.2) is 21.3 Å². The first kappa shape index (κ1) is 6.52. The van der Waals surface area contributed by atoms with Crippen LogP contribution in [0.2, 0.25) is 0 Å². The van der Waals surface area contributed by atoms with E-state index in [9.17, 15) is 4.79 Å². The van der Waals surface area contributed by atoms with Crippen molar-refractivity contribution in [1.29, 1.82) is 0 Å². The van der Waals surface area contributed by atoms with Gasteiger partial charge >= 0.3 is 0 Å². The average Bonchev–Trinajstić information content (AvgIpc) is 2.68. The zero-order valence-corrected chi connectivity index (χ0v) is 6.10. The van der Waals surface area contributed by atoms with Crippen LogP contribution in [0.5, 0.6) is 0 Å². The maximum absolute atomic E-state index is 10.2. The van der Waals surface area contributed by atoms with Crippen molar-refractivity contribution in [1.82, 2.24) is 15.0 Å². The van der Waals surface area contributed by atoms with Gasteiger partial charge in [0.2, 0.25) is 0 Å². The molecule has 0 amide bonds. The summed E-state index contributed by atoms with van der Waals surface area (Å²) in [6.45, 7) is 0.918. The van der Waals surface area contributed by atoms with Crippen molar-refractivity contribution in [3.63, 3.8) is 0 Å². The Kier molecular flexibility index (Phi) is 1.45. The van der Waals surface area contributed by atoms with Gasteiger partial charge in [-0.05, 0) is 18.8 Å². The molecule has 1 fully saturated rings. The first-order valence-electron chi connectivity index (χ1n) is 3.74. The van der Waals surface area contributed by atoms with Crippen LogP contribution in [0.25, 0.3) is 0 Å². The number of carbonyl (C=O) groups is 1. The highest BCUT2D eigenvalue weighted by atomic mass is 16.1. The van der Waals surface area contributed by atoms with Crippen molar-refractivity contribution in [2.45, 2.75) is 19.4 Å². The van der Waals surface area contributed by atoms with Gasteiger partial charge in [0, 0.05) is 6.54 Å². The van der Waals surface area contributed by atoms with Gasteiger partial charge in [-0.1, -0.05) is 5.21 Å². The number of rotatable bonds is 3. The van der Waals surface area contributed by atoms with Crippen molar-refractivity contribution in [3.8, 4) is 0 Å². The molecule has 2 rings (SSSR count). The molecule has 0 radical (unpaired) electrons. The van der Waals surface area contributed by atoms with E-state index in [4.69, 9.17) is 0 Å². The van der Waals surface area contributed by atoms with E-state index in [0.717, 1.165) is 18.7 Å². The molecule has 1 aromatic heterocycles. The van der Waals surface area contributed by atoms with Crippen molar-refractivity contribution in [3.05, 3.63) is 11.9 Å². The van der Waals surface area contributed by atoms with E-state index in [1.807, 2.05) is 0 Å². The highest BCUT2D eigenvalue weighted by molar-refractivity contribution is 5.70. The first-order chi connectivity index (χ1) is 5.38. The predicted octanol–water partition coefficient (Wildman–Crippen LogP) is 0.501. The van der Waals surface area contributed by atoms with E-state index in [1.165, 1.54) is 12.8 Å². The fourth-order valence-corrected chi connectivity index (χ4v) is 1.02. The fourth-order valence-electron chi connectivity index (χ4n) is 1.02. The number of aromatic nitrogens is 3. The van der Waals surface area contributed by atoms with Crippen LogP contribution in [0.3, 0.4) is 0 Å². The predicted molar refractivity (Wildman–Crippen MR) is 38.1 cm³/mol. The van der Waals surface area contributed by atoms with Crippen molar-refractivity contribution in [2.75, 3.05) is 0 Å². The summed E-state index contributed by atoms with van der Waals surface area (Å²) >= 11 is 0. The topological polar surface area (TPSA) is 47.8 Å². The number of hydrogen-bond donors (Lipinski definition) is 0. The Bertz CT molecular complexity index is 264. The number of nitrogens with zero attached hydrogens (tertiary/aromatic N) is 3. The lowest BCUT2D eigenvalue weighted by atomic mass is 10.4. The van der Waals surface area contributed by atoms with Crippen LogP contribution in [0.4, 0.5) is 0 Å². The van der Waals surface area contributed by atoms with Crippen LogP contribution in [0.1, 0.15) is 23.3 Å². The Labute approximate surface area is 64.2 Å². The van der Waals surface area contributed by atoms with Gasteiger partial charge in [-0.3, -0.25) is 9.48 Å². The highest BCUT2D eigenvalue weighted by Crippen LogP contribution is 2.30. The molecule has 0 unspecified atom stereocenters. The van der Waals surface area contributed by atoms with Gasteiger partial charge in [0.15, 0.2) is 6.29 Å². The molecule has 11 heavy (non-hydrogen) atoms. The average molecular weight is 151 g/mol. The molecule has 0 aliphatic heterocycles. The standard InChI is InChI=1S/C7H9N3O/c11-5-7-4-10(9-8-7)3-6-1-2-6/h4-6H,1-3H2. The van der Waals surface area contributed by atoms with Crippen LogP contribution >= 0.6 is 0 Å². The molecule has 1 aromatic rings. The third-order valence-corrected chi connectivity index (χ3v) is 1.82. The molecule has 1 aliphatic rings. The van der Waals surface area contributed by atoms with Gasteiger partial charge in [0.1, 0.15) is 5.69 Å². The fraction of sp³-hybridized carbons (Fsp3) is 0.571. The Morgan fingerprint density at radius 2 is 2.55 bits per heavy atom. The third kappa shape index (κ3) is 1.45. The Hall–Kier alpha value is -1.19. The largest absolute Gasteiger partial charge is 0.296 e. The molecule has 0 bridgehead atoms. The molecule has 0 aromatic carbocycles. The summed E-state index contributed by atoms with van der Waals surface area (Å²) in [6, 6.07) is 0. The molecule has 4 heteroatoms. The lowest BCUT2D eigenvalue weighted by Crippen LogP contribution is -1.99. The molecular formula is C7H9N3O. The minimum absolute atomic E-state index is 0.422. The summed E-state index contributed by atoms with van der Waals surface area (Å²) in [5.74, 6) is 0.774. The lowest BCUT2D eigenvalue weighted by molar-refractivity contribution is 0.111. The molecule has 1 aliphatic carbocycles. The van der Waals surface area contributed by atoms with Gasteiger partial charge in [-0.15, -0.1) is 5.10 Å². The van der Waals surface area contributed by atoms with Gasteiger partial charge in [0.25, 0.3) is 0 Å². The zero-order chi connectivity index (χ0) is 7.68. The molecule has 0 atom stereocenters. The highest BCUT2D eigenvalue weighted by Gasteiger charge is 2.22. The second-order valence-corrected chi connectivity index (χ2v) is 2.93. The van der Waals surface area contributed by atoms with Crippen molar-refractivity contribution >= 4 is 6.29 Å². The number of aldehydes is 1. The van der Waals surface area contributed by atoms with Gasteiger partial charge < -0.3 is 0 Å². The Balaban J connectivity index is 2.05. The summed E-state index contributed by atoms with van der Waals surface area (Å²) in [5.41, 5.74) is 0.422. The first-order valence-corrected chi connectivity index (χ1v) is 3.74. The molecule has 0 spiro atoms. The quantitative estimate of drug-likeness (QED) is 0.591. The lowest BCUT2D eigenvalue weighted by Gasteiger charge is -1.93.